The molecule has 0 unspecified atom stereocenters. The van der Waals surface area contributed by atoms with Gasteiger partial charge in [0, 0.05) is 5.02 Å². The lowest BCUT2D eigenvalue weighted by molar-refractivity contribution is -0.132. The molecule has 16 heavy (non-hydrogen) atoms. The number of hydrazone groups is 1. The Morgan fingerprint density at radius 3 is 2.62 bits per heavy atom. The number of hydrogen-bond donors (Lipinski definition) is 1. The smallest absolute Gasteiger partial charge is 0.369 e. The van der Waals surface area contributed by atoms with Crippen molar-refractivity contribution >= 4 is 29.0 Å². The van der Waals surface area contributed by atoms with Crippen LogP contribution < -0.4 is 5.43 Å². The van der Waals surface area contributed by atoms with Crippen molar-refractivity contribution in [2.45, 2.75) is 0 Å². The summed E-state index contributed by atoms with van der Waals surface area (Å²) in [5.74, 6) is -0.788. The van der Waals surface area contributed by atoms with E-state index in [1.807, 2.05) is 0 Å². The third-order valence-electron chi connectivity index (χ3n) is 1.63. The van der Waals surface area contributed by atoms with E-state index in [2.05, 4.69) is 15.3 Å². The van der Waals surface area contributed by atoms with Gasteiger partial charge in [-0.1, -0.05) is 11.6 Å². The molecule has 1 aromatic carbocycles. The fourth-order valence-corrected chi connectivity index (χ4v) is 0.984. The first-order chi connectivity index (χ1) is 7.67. The highest BCUT2D eigenvalue weighted by Crippen LogP contribution is 2.13. The first kappa shape index (κ1) is 12.0. The van der Waals surface area contributed by atoms with Crippen molar-refractivity contribution in [1.29, 1.82) is 5.26 Å². The molecule has 0 heterocycles. The number of esters is 1. The minimum atomic E-state index is -0.788. The van der Waals surface area contributed by atoms with Crippen LogP contribution in [-0.4, -0.2) is 18.8 Å². The average Bonchev–Trinajstić information content (AvgIpc) is 2.31. The third-order valence-corrected chi connectivity index (χ3v) is 1.88. The highest BCUT2D eigenvalue weighted by atomic mass is 35.5. The van der Waals surface area contributed by atoms with Gasteiger partial charge in [0.25, 0.3) is 0 Å². The Balaban J connectivity index is 2.75. The largest absolute Gasteiger partial charge is 0.464 e. The Morgan fingerprint density at radius 2 is 2.12 bits per heavy atom. The molecular formula is C10H8ClN3O2. The van der Waals surface area contributed by atoms with Crippen LogP contribution >= 0.6 is 11.6 Å². The summed E-state index contributed by atoms with van der Waals surface area (Å²) in [6.07, 6.45) is 0. The number of carbonyl (C=O) groups is 1. The van der Waals surface area contributed by atoms with Crippen molar-refractivity contribution in [1.82, 2.24) is 0 Å². The first-order valence-corrected chi connectivity index (χ1v) is 4.63. The number of halogens is 1. The summed E-state index contributed by atoms with van der Waals surface area (Å²) >= 11 is 5.68. The van der Waals surface area contributed by atoms with Crippen LogP contribution in [0.1, 0.15) is 0 Å². The molecule has 0 saturated carbocycles. The van der Waals surface area contributed by atoms with Gasteiger partial charge >= 0.3 is 5.97 Å². The minimum absolute atomic E-state index is 0.350. The lowest BCUT2D eigenvalue weighted by atomic mass is 10.3. The number of ether oxygens (including phenoxy) is 1. The molecule has 0 fully saturated rings. The van der Waals surface area contributed by atoms with Crippen LogP contribution in [0, 0.1) is 11.3 Å². The zero-order valence-electron chi connectivity index (χ0n) is 8.40. The number of nitrogens with zero attached hydrogens (tertiary/aromatic N) is 2. The molecule has 0 aliphatic carbocycles. The number of methoxy groups -OCH3 is 1. The Bertz CT molecular complexity index is 448. The van der Waals surface area contributed by atoms with E-state index in [1.54, 1.807) is 30.3 Å². The Labute approximate surface area is 97.3 Å². The zero-order chi connectivity index (χ0) is 12.0. The van der Waals surface area contributed by atoms with Gasteiger partial charge < -0.3 is 4.74 Å². The summed E-state index contributed by atoms with van der Waals surface area (Å²) in [6, 6.07) is 8.26. The van der Waals surface area contributed by atoms with Gasteiger partial charge in [0.2, 0.25) is 5.71 Å². The molecule has 5 nitrogen and oxygen atoms in total. The molecule has 6 heteroatoms. The molecule has 0 bridgehead atoms. The van der Waals surface area contributed by atoms with E-state index in [0.29, 0.717) is 10.7 Å². The van der Waals surface area contributed by atoms with E-state index >= 15 is 0 Å². The maximum absolute atomic E-state index is 11.0. The standard InChI is InChI=1S/C10H8ClN3O2/c1-16-10(15)9(6-12)14-13-8-4-2-7(11)3-5-8/h2-5,13H,1H3. The van der Waals surface area contributed by atoms with Gasteiger partial charge in [0.05, 0.1) is 12.8 Å². The maximum Gasteiger partial charge on any atom is 0.369 e. The molecule has 82 valence electrons. The van der Waals surface area contributed by atoms with Gasteiger partial charge in [-0.05, 0) is 24.3 Å². The normalized spacial score (nSPS) is 10.4. The van der Waals surface area contributed by atoms with Crippen molar-refractivity contribution in [3.63, 3.8) is 0 Å². The average molecular weight is 238 g/mol. The van der Waals surface area contributed by atoms with Gasteiger partial charge in [-0.15, -0.1) is 0 Å². The number of carbonyl (C=O) groups excluding carboxylic acids is 1. The lowest BCUT2D eigenvalue weighted by Crippen LogP contribution is -2.15. The van der Waals surface area contributed by atoms with E-state index in [9.17, 15) is 4.79 Å². The van der Waals surface area contributed by atoms with Crippen LogP contribution in [0.25, 0.3) is 0 Å². The lowest BCUT2D eigenvalue weighted by Gasteiger charge is -2.00. The van der Waals surface area contributed by atoms with Gasteiger partial charge in [-0.3, -0.25) is 5.43 Å². The summed E-state index contributed by atoms with van der Waals surface area (Å²) in [4.78, 5) is 11.0. The Kier molecular flexibility index (Phi) is 4.30. The van der Waals surface area contributed by atoms with Crippen molar-refractivity contribution in [3.8, 4) is 6.07 Å². The topological polar surface area (TPSA) is 74.5 Å². The predicted octanol–water partition coefficient (Wildman–Crippen LogP) is 1.80. The molecule has 0 aliphatic heterocycles. The summed E-state index contributed by atoms with van der Waals surface area (Å²) in [6.45, 7) is 0. The molecule has 0 spiro atoms. The van der Waals surface area contributed by atoms with Gasteiger partial charge in [0.1, 0.15) is 6.07 Å². The van der Waals surface area contributed by atoms with Crippen LogP contribution in [0.2, 0.25) is 5.02 Å². The maximum atomic E-state index is 11.0. The highest BCUT2D eigenvalue weighted by molar-refractivity contribution is 6.43. The number of anilines is 1. The van der Waals surface area contributed by atoms with Crippen LogP contribution in [-0.2, 0) is 9.53 Å². The highest BCUT2D eigenvalue weighted by Gasteiger charge is 2.10. The van der Waals surface area contributed by atoms with Crippen LogP contribution in [0.5, 0.6) is 0 Å². The molecule has 1 N–H and O–H groups in total. The Hall–Kier alpha value is -2.06. The fourth-order valence-electron chi connectivity index (χ4n) is 0.858. The summed E-state index contributed by atoms with van der Waals surface area (Å²) in [5.41, 5.74) is 2.81. The number of nitriles is 1. The quantitative estimate of drug-likeness (QED) is 0.494. The first-order valence-electron chi connectivity index (χ1n) is 4.25. The molecule has 0 amide bonds. The van der Waals surface area contributed by atoms with E-state index in [1.165, 1.54) is 7.11 Å². The fraction of sp³-hybridized carbons (Fsp3) is 0.100. The SMILES string of the molecule is COC(=O)C(C#N)=NNc1ccc(Cl)cc1. The number of hydrogen-bond acceptors (Lipinski definition) is 5. The van der Waals surface area contributed by atoms with Gasteiger partial charge in [-0.2, -0.15) is 10.4 Å². The number of nitrogens with one attached hydrogen (secondary N) is 1. The number of benzene rings is 1. The second-order valence-electron chi connectivity index (χ2n) is 2.68. The van der Waals surface area contributed by atoms with Crippen molar-refractivity contribution < 1.29 is 9.53 Å². The van der Waals surface area contributed by atoms with Crippen LogP contribution in [0.15, 0.2) is 29.4 Å². The van der Waals surface area contributed by atoms with E-state index in [-0.39, 0.29) is 5.71 Å². The molecule has 0 atom stereocenters. The van der Waals surface area contributed by atoms with E-state index < -0.39 is 5.97 Å². The molecule has 1 rings (SSSR count). The minimum Gasteiger partial charge on any atom is -0.464 e. The summed E-state index contributed by atoms with van der Waals surface area (Å²) < 4.78 is 4.36. The molecule has 0 saturated heterocycles. The second kappa shape index (κ2) is 5.73. The third kappa shape index (κ3) is 3.26. The molecule has 1 aromatic rings. The second-order valence-corrected chi connectivity index (χ2v) is 3.12. The van der Waals surface area contributed by atoms with Crippen LogP contribution in [0.4, 0.5) is 5.69 Å². The number of rotatable bonds is 3. The zero-order valence-corrected chi connectivity index (χ0v) is 9.15. The van der Waals surface area contributed by atoms with Gasteiger partial charge in [-0.25, -0.2) is 4.79 Å². The van der Waals surface area contributed by atoms with Gasteiger partial charge in [0.15, 0.2) is 0 Å². The summed E-state index contributed by atoms with van der Waals surface area (Å²) in [7, 11) is 1.18. The predicted molar refractivity (Wildman–Crippen MR) is 60.1 cm³/mol. The van der Waals surface area contributed by atoms with Crippen molar-refractivity contribution in [3.05, 3.63) is 29.3 Å². The molecular weight excluding hydrogens is 230 g/mol. The van der Waals surface area contributed by atoms with E-state index in [0.717, 1.165) is 0 Å². The van der Waals surface area contributed by atoms with E-state index in [4.69, 9.17) is 16.9 Å². The molecule has 0 aromatic heterocycles. The monoisotopic (exact) mass is 237 g/mol. The molecule has 0 radical (unpaired) electrons. The van der Waals surface area contributed by atoms with Crippen molar-refractivity contribution in [2.24, 2.45) is 5.10 Å². The summed E-state index contributed by atoms with van der Waals surface area (Å²) in [5, 5.41) is 12.8. The molecule has 0 aliphatic rings. The Morgan fingerprint density at radius 1 is 1.50 bits per heavy atom. The van der Waals surface area contributed by atoms with Crippen LogP contribution in [0.3, 0.4) is 0 Å². The van der Waals surface area contributed by atoms with Crippen molar-refractivity contribution in [2.75, 3.05) is 12.5 Å².